The molecule has 0 saturated carbocycles. The Bertz CT molecular complexity index is 692. The van der Waals surface area contributed by atoms with Gasteiger partial charge in [0.25, 0.3) is 0 Å². The molecule has 3 aromatic rings. The lowest BCUT2D eigenvalue weighted by Gasteiger charge is -2.06. The fourth-order valence-electron chi connectivity index (χ4n) is 2.02. The van der Waals surface area contributed by atoms with Crippen molar-refractivity contribution < 1.29 is 4.74 Å². The summed E-state index contributed by atoms with van der Waals surface area (Å²) < 4.78 is 5.70. The van der Waals surface area contributed by atoms with Crippen LogP contribution in [0.1, 0.15) is 12.5 Å². The Balaban J connectivity index is 1.75. The van der Waals surface area contributed by atoms with Crippen molar-refractivity contribution in [3.8, 4) is 22.9 Å². The summed E-state index contributed by atoms with van der Waals surface area (Å²) in [6.45, 7) is 2.10. The highest BCUT2D eigenvalue weighted by molar-refractivity contribution is 5.59. The molecule has 0 aliphatic rings. The first-order valence-corrected chi connectivity index (χ1v) is 6.99. The summed E-state index contributed by atoms with van der Waals surface area (Å²) in [5.74, 6) is 1.27. The molecule has 0 aliphatic carbocycles. The second-order valence-corrected chi connectivity index (χ2v) is 4.71. The van der Waals surface area contributed by atoms with Gasteiger partial charge in [0.1, 0.15) is 5.75 Å². The third-order valence-corrected chi connectivity index (χ3v) is 3.23. The van der Waals surface area contributed by atoms with Crippen LogP contribution < -0.4 is 4.74 Å². The second kappa shape index (κ2) is 6.18. The monoisotopic (exact) mass is 276 g/mol. The maximum atomic E-state index is 5.70. The van der Waals surface area contributed by atoms with Crippen molar-refractivity contribution in [1.82, 2.24) is 9.97 Å². The average molecular weight is 276 g/mol. The molecule has 0 amide bonds. The van der Waals surface area contributed by atoms with Gasteiger partial charge in [0.05, 0.1) is 11.9 Å². The van der Waals surface area contributed by atoms with Crippen LogP contribution in [0.2, 0.25) is 0 Å². The first kappa shape index (κ1) is 13.3. The average Bonchev–Trinajstić information content (AvgIpc) is 2.57. The number of ether oxygens (including phenoxy) is 1. The lowest BCUT2D eigenvalue weighted by atomic mass is 10.1. The van der Waals surface area contributed by atoms with Gasteiger partial charge in [0, 0.05) is 17.8 Å². The Labute approximate surface area is 124 Å². The lowest BCUT2D eigenvalue weighted by Crippen LogP contribution is -1.90. The van der Waals surface area contributed by atoms with Gasteiger partial charge in [-0.2, -0.15) is 0 Å². The highest BCUT2D eigenvalue weighted by atomic mass is 16.5. The zero-order valence-corrected chi connectivity index (χ0v) is 11.9. The first-order chi connectivity index (χ1) is 10.3. The summed E-state index contributed by atoms with van der Waals surface area (Å²) >= 11 is 0. The van der Waals surface area contributed by atoms with E-state index in [0.717, 1.165) is 17.7 Å². The lowest BCUT2D eigenvalue weighted by molar-refractivity contribution is 0.460. The number of hydrogen-bond acceptors (Lipinski definition) is 3. The number of nitrogens with zero attached hydrogens (tertiary/aromatic N) is 2. The SMILES string of the molecule is CCc1ccc(Oc2ccc(-c3ccccc3)nc2)nc1. The molecular formula is C18H16N2O. The highest BCUT2D eigenvalue weighted by Gasteiger charge is 2.02. The minimum absolute atomic E-state index is 0.585. The van der Waals surface area contributed by atoms with Crippen molar-refractivity contribution in [1.29, 1.82) is 0 Å². The van der Waals surface area contributed by atoms with Gasteiger partial charge in [0.2, 0.25) is 5.88 Å². The molecule has 0 bridgehead atoms. The summed E-state index contributed by atoms with van der Waals surface area (Å²) in [5, 5.41) is 0. The van der Waals surface area contributed by atoms with E-state index in [9.17, 15) is 0 Å². The van der Waals surface area contributed by atoms with Crippen LogP contribution in [0.15, 0.2) is 67.0 Å². The maximum absolute atomic E-state index is 5.70. The number of aromatic nitrogens is 2. The van der Waals surface area contributed by atoms with E-state index in [2.05, 4.69) is 16.9 Å². The Morgan fingerprint density at radius 3 is 2.33 bits per heavy atom. The van der Waals surface area contributed by atoms with Crippen LogP contribution >= 0.6 is 0 Å². The second-order valence-electron chi connectivity index (χ2n) is 4.71. The Morgan fingerprint density at radius 1 is 0.857 bits per heavy atom. The molecule has 2 aromatic heterocycles. The van der Waals surface area contributed by atoms with Gasteiger partial charge >= 0.3 is 0 Å². The van der Waals surface area contributed by atoms with Crippen molar-refractivity contribution in [2.45, 2.75) is 13.3 Å². The van der Waals surface area contributed by atoms with Crippen molar-refractivity contribution in [2.75, 3.05) is 0 Å². The molecule has 21 heavy (non-hydrogen) atoms. The van der Waals surface area contributed by atoms with Gasteiger partial charge in [-0.05, 0) is 24.1 Å². The molecular weight excluding hydrogens is 260 g/mol. The zero-order chi connectivity index (χ0) is 14.5. The van der Waals surface area contributed by atoms with Crippen LogP contribution in [0.4, 0.5) is 0 Å². The quantitative estimate of drug-likeness (QED) is 0.703. The van der Waals surface area contributed by atoms with Crippen LogP contribution in [0.25, 0.3) is 11.3 Å². The van der Waals surface area contributed by atoms with Crippen LogP contribution in [-0.2, 0) is 6.42 Å². The predicted molar refractivity (Wildman–Crippen MR) is 83.4 cm³/mol. The van der Waals surface area contributed by atoms with Gasteiger partial charge in [-0.1, -0.05) is 43.3 Å². The van der Waals surface area contributed by atoms with Crippen molar-refractivity contribution in [3.63, 3.8) is 0 Å². The number of hydrogen-bond donors (Lipinski definition) is 0. The van der Waals surface area contributed by atoms with Crippen LogP contribution in [0.3, 0.4) is 0 Å². The minimum Gasteiger partial charge on any atom is -0.437 e. The Hall–Kier alpha value is -2.68. The van der Waals surface area contributed by atoms with Crippen LogP contribution in [0.5, 0.6) is 11.6 Å². The molecule has 3 rings (SSSR count). The molecule has 2 heterocycles. The maximum Gasteiger partial charge on any atom is 0.219 e. The van der Waals surface area contributed by atoms with E-state index in [4.69, 9.17) is 4.74 Å². The molecule has 0 unspecified atom stereocenters. The fourth-order valence-corrected chi connectivity index (χ4v) is 2.02. The summed E-state index contributed by atoms with van der Waals surface area (Å²) in [6, 6.07) is 17.8. The topological polar surface area (TPSA) is 35.0 Å². The molecule has 0 spiro atoms. The molecule has 0 atom stereocenters. The molecule has 0 radical (unpaired) electrons. The molecule has 1 aromatic carbocycles. The molecule has 104 valence electrons. The Kier molecular flexibility index (Phi) is 3.92. The third-order valence-electron chi connectivity index (χ3n) is 3.23. The minimum atomic E-state index is 0.585. The molecule has 3 nitrogen and oxygen atoms in total. The molecule has 0 saturated heterocycles. The molecule has 3 heteroatoms. The number of pyridine rings is 2. The molecule has 0 fully saturated rings. The fraction of sp³-hybridized carbons (Fsp3) is 0.111. The van der Waals surface area contributed by atoms with Gasteiger partial charge in [0.15, 0.2) is 0 Å². The standard InChI is InChI=1S/C18H16N2O/c1-2-14-8-11-18(20-12-14)21-16-9-10-17(19-13-16)15-6-4-3-5-7-15/h3-13H,2H2,1H3. The molecule has 0 aliphatic heterocycles. The van der Waals surface area contributed by atoms with E-state index in [0.29, 0.717) is 11.6 Å². The molecule has 0 N–H and O–H groups in total. The Morgan fingerprint density at radius 2 is 1.71 bits per heavy atom. The smallest absolute Gasteiger partial charge is 0.219 e. The summed E-state index contributed by atoms with van der Waals surface area (Å²) in [6.07, 6.45) is 4.53. The summed E-state index contributed by atoms with van der Waals surface area (Å²) in [5.41, 5.74) is 3.21. The summed E-state index contributed by atoms with van der Waals surface area (Å²) in [4.78, 5) is 8.70. The highest BCUT2D eigenvalue weighted by Crippen LogP contribution is 2.22. The van der Waals surface area contributed by atoms with Crippen LogP contribution in [0, 0.1) is 0 Å². The van der Waals surface area contributed by atoms with Crippen LogP contribution in [-0.4, -0.2) is 9.97 Å². The van der Waals surface area contributed by atoms with E-state index in [1.165, 1.54) is 5.56 Å². The third kappa shape index (κ3) is 3.26. The summed E-state index contributed by atoms with van der Waals surface area (Å²) in [7, 11) is 0. The number of aryl methyl sites for hydroxylation is 1. The van der Waals surface area contributed by atoms with E-state index in [1.54, 1.807) is 6.20 Å². The van der Waals surface area contributed by atoms with Gasteiger partial charge in [-0.3, -0.25) is 4.98 Å². The number of benzene rings is 1. The van der Waals surface area contributed by atoms with E-state index >= 15 is 0 Å². The number of rotatable bonds is 4. The predicted octanol–water partition coefficient (Wildman–Crippen LogP) is 4.50. The zero-order valence-electron chi connectivity index (χ0n) is 11.9. The van der Waals surface area contributed by atoms with Crippen molar-refractivity contribution in [3.05, 3.63) is 72.6 Å². The van der Waals surface area contributed by atoms with E-state index in [-0.39, 0.29) is 0 Å². The van der Waals surface area contributed by atoms with Crippen molar-refractivity contribution in [2.24, 2.45) is 0 Å². The van der Waals surface area contributed by atoms with Gasteiger partial charge in [-0.25, -0.2) is 4.98 Å². The van der Waals surface area contributed by atoms with E-state index in [1.807, 2.05) is 60.8 Å². The van der Waals surface area contributed by atoms with Gasteiger partial charge < -0.3 is 4.74 Å². The van der Waals surface area contributed by atoms with Gasteiger partial charge in [-0.15, -0.1) is 0 Å². The largest absolute Gasteiger partial charge is 0.437 e. The first-order valence-electron chi connectivity index (χ1n) is 6.99. The van der Waals surface area contributed by atoms with Crippen molar-refractivity contribution >= 4 is 0 Å². The van der Waals surface area contributed by atoms with E-state index < -0.39 is 0 Å². The normalized spacial score (nSPS) is 10.3.